The third kappa shape index (κ3) is 5.72. The quantitative estimate of drug-likeness (QED) is 0.250. The molecule has 1 saturated carbocycles. The molecule has 7 nitrogen and oxygen atoms in total. The minimum atomic E-state index is -1.91. The van der Waals surface area contributed by atoms with Gasteiger partial charge in [-0.2, -0.15) is 0 Å². The highest BCUT2D eigenvalue weighted by Gasteiger charge is 2.52. The molecule has 224 valence electrons. The number of likely N-dealkylation sites (tertiary alicyclic amines) is 1. The van der Waals surface area contributed by atoms with Gasteiger partial charge in [-0.15, -0.1) is 0 Å². The van der Waals surface area contributed by atoms with Crippen molar-refractivity contribution in [2.24, 2.45) is 0 Å². The van der Waals surface area contributed by atoms with Gasteiger partial charge in [0.05, 0.1) is 27.6 Å². The van der Waals surface area contributed by atoms with Gasteiger partial charge in [0.25, 0.3) is 0 Å². The van der Waals surface area contributed by atoms with Crippen LogP contribution in [-0.2, 0) is 14.6 Å². The van der Waals surface area contributed by atoms with Crippen LogP contribution in [0.5, 0.6) is 11.5 Å². The number of rotatable bonds is 8. The summed E-state index contributed by atoms with van der Waals surface area (Å²) in [7, 11) is -1.91. The van der Waals surface area contributed by atoms with Crippen molar-refractivity contribution in [2.45, 2.75) is 75.7 Å². The molecule has 1 unspecified atom stereocenters. The van der Waals surface area contributed by atoms with Crippen molar-refractivity contribution in [3.63, 3.8) is 0 Å². The van der Waals surface area contributed by atoms with Gasteiger partial charge in [-0.1, -0.05) is 67.4 Å². The lowest BCUT2D eigenvalue weighted by molar-refractivity contribution is -0.118. The Balaban J connectivity index is 1.22. The summed E-state index contributed by atoms with van der Waals surface area (Å²) in [5, 5.41) is 4.89. The maximum absolute atomic E-state index is 13.6. The SMILES string of the molecule is CC(C)(C)[Si](C)(C)OC1CCN([C@H](c2ccc(Cl)c(Cl)c2)c2cnc(NC(=O)C3(c4ccc5c(c4)OCO5)CC3)s2)C1. The van der Waals surface area contributed by atoms with Crippen molar-refractivity contribution in [3.05, 3.63) is 68.6 Å². The Morgan fingerprint density at radius 1 is 1.14 bits per heavy atom. The van der Waals surface area contributed by atoms with Crippen LogP contribution in [0.2, 0.25) is 28.2 Å². The fourth-order valence-corrected chi connectivity index (χ4v) is 8.23. The van der Waals surface area contributed by atoms with E-state index in [4.69, 9.17) is 37.1 Å². The molecule has 42 heavy (non-hydrogen) atoms. The lowest BCUT2D eigenvalue weighted by atomic mass is 9.94. The van der Waals surface area contributed by atoms with Gasteiger partial charge in [0.2, 0.25) is 12.7 Å². The molecule has 11 heteroatoms. The number of hydrogen-bond acceptors (Lipinski definition) is 7. The highest BCUT2D eigenvalue weighted by Crippen LogP contribution is 2.51. The second-order valence-corrected chi connectivity index (χ2v) is 19.7. The predicted molar refractivity (Wildman–Crippen MR) is 171 cm³/mol. The molecule has 1 saturated heterocycles. The van der Waals surface area contributed by atoms with Gasteiger partial charge >= 0.3 is 0 Å². The number of thiazole rings is 1. The highest BCUT2D eigenvalue weighted by molar-refractivity contribution is 7.15. The molecule has 3 aromatic rings. The number of benzene rings is 2. The number of hydrogen-bond donors (Lipinski definition) is 1. The number of fused-ring (bicyclic) bond motifs is 1. The number of carbonyl (C=O) groups excluding carboxylic acids is 1. The van der Waals surface area contributed by atoms with Crippen LogP contribution in [0.4, 0.5) is 5.13 Å². The average molecular weight is 647 g/mol. The minimum absolute atomic E-state index is 0.0441. The molecular weight excluding hydrogens is 609 g/mol. The number of carbonyl (C=O) groups is 1. The molecule has 0 radical (unpaired) electrons. The smallest absolute Gasteiger partial charge is 0.236 e. The molecule has 2 fully saturated rings. The van der Waals surface area contributed by atoms with Gasteiger partial charge in [0.15, 0.2) is 24.9 Å². The van der Waals surface area contributed by atoms with Gasteiger partial charge in [-0.3, -0.25) is 9.69 Å². The number of halogens is 2. The molecule has 0 spiro atoms. The standard InChI is InChI=1S/C31H37Cl2N3O4SSi/c1-30(2,3)42(4,5)40-21-10-13-36(17-21)27(19-6-8-22(32)23(33)14-19)26-16-34-29(41-26)35-28(37)31(11-12-31)20-7-9-24-25(15-20)39-18-38-24/h6-9,14-16,21,27H,10-13,17-18H2,1-5H3,(H,34,35,37)/t21?,27-/m1/s1. The number of aromatic nitrogens is 1. The zero-order chi connectivity index (χ0) is 29.9. The van der Waals surface area contributed by atoms with Gasteiger partial charge in [-0.25, -0.2) is 4.98 Å². The van der Waals surface area contributed by atoms with Crippen LogP contribution >= 0.6 is 34.5 Å². The Hall–Kier alpha value is -2.14. The highest BCUT2D eigenvalue weighted by atomic mass is 35.5. The monoisotopic (exact) mass is 645 g/mol. The topological polar surface area (TPSA) is 72.9 Å². The summed E-state index contributed by atoms with van der Waals surface area (Å²) in [6, 6.07) is 11.5. The first-order chi connectivity index (χ1) is 19.9. The molecule has 2 atom stereocenters. The molecule has 1 aliphatic carbocycles. The molecule has 3 aliphatic rings. The molecule has 2 aliphatic heterocycles. The van der Waals surface area contributed by atoms with E-state index in [0.717, 1.165) is 48.4 Å². The van der Waals surface area contributed by atoms with E-state index >= 15 is 0 Å². The van der Waals surface area contributed by atoms with E-state index in [1.165, 1.54) is 11.3 Å². The first-order valence-corrected chi connectivity index (χ1v) is 18.9. The lowest BCUT2D eigenvalue weighted by Crippen LogP contribution is -2.44. The normalized spacial score (nSPS) is 20.5. The zero-order valence-electron chi connectivity index (χ0n) is 24.6. The summed E-state index contributed by atoms with van der Waals surface area (Å²) in [4.78, 5) is 21.7. The number of nitrogens with zero attached hydrogens (tertiary/aromatic N) is 2. The van der Waals surface area contributed by atoms with Crippen molar-refractivity contribution in [3.8, 4) is 11.5 Å². The first-order valence-electron chi connectivity index (χ1n) is 14.4. The van der Waals surface area contributed by atoms with Gasteiger partial charge < -0.3 is 19.2 Å². The van der Waals surface area contributed by atoms with E-state index in [1.54, 1.807) is 0 Å². The number of amides is 1. The minimum Gasteiger partial charge on any atom is -0.454 e. The van der Waals surface area contributed by atoms with Crippen LogP contribution in [0.15, 0.2) is 42.6 Å². The Bertz CT molecular complexity index is 1500. The first kappa shape index (κ1) is 29.9. The van der Waals surface area contributed by atoms with Crippen LogP contribution in [0, 0.1) is 0 Å². The van der Waals surface area contributed by atoms with E-state index in [-0.39, 0.29) is 29.9 Å². The Morgan fingerprint density at radius 2 is 1.90 bits per heavy atom. The van der Waals surface area contributed by atoms with Crippen molar-refractivity contribution in [1.82, 2.24) is 9.88 Å². The average Bonchev–Trinajstić information content (AvgIpc) is 3.22. The van der Waals surface area contributed by atoms with Gasteiger partial charge in [-0.05, 0) is 72.8 Å². The largest absolute Gasteiger partial charge is 0.454 e. The van der Waals surface area contributed by atoms with Crippen LogP contribution in [0.1, 0.15) is 62.1 Å². The van der Waals surface area contributed by atoms with Crippen LogP contribution < -0.4 is 14.8 Å². The fraction of sp³-hybridized carbons (Fsp3) is 0.484. The zero-order valence-corrected chi connectivity index (χ0v) is 28.0. The van der Waals surface area contributed by atoms with Crippen molar-refractivity contribution < 1.29 is 18.7 Å². The maximum atomic E-state index is 13.6. The number of anilines is 1. The van der Waals surface area contributed by atoms with Crippen LogP contribution in [0.3, 0.4) is 0 Å². The van der Waals surface area contributed by atoms with E-state index in [1.807, 2.05) is 42.6 Å². The second kappa shape index (κ2) is 11.1. The molecule has 1 amide bonds. The Kier molecular flexibility index (Phi) is 7.90. The van der Waals surface area contributed by atoms with Gasteiger partial charge in [0.1, 0.15) is 0 Å². The van der Waals surface area contributed by atoms with E-state index in [9.17, 15) is 4.79 Å². The summed E-state index contributed by atoms with van der Waals surface area (Å²) in [5.74, 6) is 1.36. The third-order valence-electron chi connectivity index (χ3n) is 9.19. The summed E-state index contributed by atoms with van der Waals surface area (Å²) < 4.78 is 17.8. The Morgan fingerprint density at radius 3 is 2.62 bits per heavy atom. The van der Waals surface area contributed by atoms with E-state index in [0.29, 0.717) is 26.7 Å². The number of ether oxygens (including phenoxy) is 2. The Labute approximate surface area is 262 Å². The van der Waals surface area contributed by atoms with Crippen molar-refractivity contribution in [1.29, 1.82) is 0 Å². The van der Waals surface area contributed by atoms with Crippen molar-refractivity contribution in [2.75, 3.05) is 25.2 Å². The molecular formula is C31H37Cl2N3O4SSi. The molecule has 0 bridgehead atoms. The molecule has 3 heterocycles. The van der Waals surface area contributed by atoms with Crippen LogP contribution in [0.25, 0.3) is 0 Å². The molecule has 1 N–H and O–H groups in total. The second-order valence-electron chi connectivity index (χ2n) is 13.0. The summed E-state index contributed by atoms with van der Waals surface area (Å²) in [6.07, 6.45) is 4.57. The molecule has 6 rings (SSSR count). The summed E-state index contributed by atoms with van der Waals surface area (Å²) >= 11 is 14.3. The number of nitrogens with one attached hydrogen (secondary N) is 1. The van der Waals surface area contributed by atoms with Crippen LogP contribution in [-0.4, -0.2) is 50.1 Å². The van der Waals surface area contributed by atoms with Gasteiger partial charge in [0, 0.05) is 24.2 Å². The maximum Gasteiger partial charge on any atom is 0.236 e. The van der Waals surface area contributed by atoms with E-state index in [2.05, 4.69) is 49.1 Å². The molecule has 2 aromatic carbocycles. The fourth-order valence-electron chi connectivity index (χ4n) is 5.57. The lowest BCUT2D eigenvalue weighted by Gasteiger charge is -2.38. The molecule has 1 aromatic heterocycles. The predicted octanol–water partition coefficient (Wildman–Crippen LogP) is 8.03. The summed E-state index contributed by atoms with van der Waals surface area (Å²) in [5.41, 5.74) is 1.41. The van der Waals surface area contributed by atoms with Crippen molar-refractivity contribution >= 4 is 53.9 Å². The summed E-state index contributed by atoms with van der Waals surface area (Å²) in [6.45, 7) is 13.3. The third-order valence-corrected chi connectivity index (χ3v) is 15.4. The van der Waals surface area contributed by atoms with E-state index < -0.39 is 13.7 Å².